The van der Waals surface area contributed by atoms with Crippen molar-refractivity contribution < 1.29 is 9.47 Å². The van der Waals surface area contributed by atoms with Crippen LogP contribution in [0.5, 0.6) is 0 Å². The van der Waals surface area contributed by atoms with Gasteiger partial charge in [0, 0.05) is 38.4 Å². The van der Waals surface area contributed by atoms with Gasteiger partial charge in [-0.2, -0.15) is 0 Å². The third-order valence-corrected chi connectivity index (χ3v) is 5.20. The van der Waals surface area contributed by atoms with Crippen molar-refractivity contribution in [3.05, 3.63) is 29.6 Å². The van der Waals surface area contributed by atoms with Crippen molar-refractivity contribution in [1.29, 1.82) is 10.8 Å². The van der Waals surface area contributed by atoms with Crippen molar-refractivity contribution in [3.8, 4) is 0 Å². The molecule has 2 aliphatic heterocycles. The number of hydrogen-bond acceptors (Lipinski definition) is 6. The Labute approximate surface area is 155 Å². The molecule has 142 valence electrons. The minimum absolute atomic E-state index is 0.0464. The van der Waals surface area contributed by atoms with E-state index in [4.69, 9.17) is 20.3 Å². The maximum atomic E-state index is 8.19. The molecule has 0 radical (unpaired) electrons. The van der Waals surface area contributed by atoms with Gasteiger partial charge in [0.1, 0.15) is 5.69 Å². The predicted octanol–water partition coefficient (Wildman–Crippen LogP) is 2.28. The van der Waals surface area contributed by atoms with E-state index in [1.807, 2.05) is 11.0 Å². The molecule has 0 saturated carbocycles. The van der Waals surface area contributed by atoms with Crippen molar-refractivity contribution in [1.82, 2.24) is 14.8 Å². The zero-order valence-corrected chi connectivity index (χ0v) is 15.7. The first-order valence-electron chi connectivity index (χ1n) is 9.42. The van der Waals surface area contributed by atoms with Gasteiger partial charge in [0.05, 0.1) is 13.2 Å². The summed E-state index contributed by atoms with van der Waals surface area (Å²) in [7, 11) is 0. The summed E-state index contributed by atoms with van der Waals surface area (Å²) in [4.78, 5) is 8.69. The average Bonchev–Trinajstić information content (AvgIpc) is 2.68. The molecule has 0 aromatic carbocycles. The highest BCUT2D eigenvalue weighted by Gasteiger charge is 2.27. The third-order valence-electron chi connectivity index (χ3n) is 5.20. The van der Waals surface area contributed by atoms with Crippen LogP contribution in [-0.4, -0.2) is 72.1 Å². The predicted molar refractivity (Wildman–Crippen MR) is 101 cm³/mol. The Kier molecular flexibility index (Phi) is 6.21. The van der Waals surface area contributed by atoms with E-state index < -0.39 is 0 Å². The highest BCUT2D eigenvalue weighted by atomic mass is 16.5. The Morgan fingerprint density at radius 3 is 2.42 bits per heavy atom. The summed E-state index contributed by atoms with van der Waals surface area (Å²) < 4.78 is 10.9. The Morgan fingerprint density at radius 1 is 1.15 bits per heavy atom. The SMILES string of the molecule is CC(C)c1ccc(C(=N)OC(=N)N2CCC(N3CCOCC3)CC2)nc1. The number of pyridine rings is 1. The second kappa shape index (κ2) is 8.60. The molecule has 2 aliphatic rings. The summed E-state index contributed by atoms with van der Waals surface area (Å²) in [5.74, 6) is 0.332. The third kappa shape index (κ3) is 4.59. The van der Waals surface area contributed by atoms with E-state index in [0.717, 1.165) is 57.8 Å². The molecule has 0 amide bonds. The second-order valence-electron chi connectivity index (χ2n) is 7.23. The molecule has 1 aromatic heterocycles. The normalized spacial score (nSPS) is 19.6. The van der Waals surface area contributed by atoms with E-state index in [1.165, 1.54) is 0 Å². The Balaban J connectivity index is 1.48. The van der Waals surface area contributed by atoms with E-state index in [-0.39, 0.29) is 11.9 Å². The Hall–Kier alpha value is -1.99. The fourth-order valence-electron chi connectivity index (χ4n) is 3.47. The summed E-state index contributed by atoms with van der Waals surface area (Å²) in [6.07, 6.45) is 3.80. The number of morpholine rings is 1. The van der Waals surface area contributed by atoms with Gasteiger partial charge in [0.25, 0.3) is 6.02 Å². The van der Waals surface area contributed by atoms with Crippen molar-refractivity contribution in [2.75, 3.05) is 39.4 Å². The zero-order valence-electron chi connectivity index (χ0n) is 15.7. The van der Waals surface area contributed by atoms with Crippen LogP contribution in [0.1, 0.15) is 43.9 Å². The first-order chi connectivity index (χ1) is 12.5. The van der Waals surface area contributed by atoms with Crippen LogP contribution in [0.3, 0.4) is 0 Å². The van der Waals surface area contributed by atoms with E-state index in [0.29, 0.717) is 17.7 Å². The quantitative estimate of drug-likeness (QED) is 0.639. The highest BCUT2D eigenvalue weighted by molar-refractivity contribution is 5.97. The minimum Gasteiger partial charge on any atom is -0.405 e. The van der Waals surface area contributed by atoms with Gasteiger partial charge in [-0.1, -0.05) is 19.9 Å². The van der Waals surface area contributed by atoms with Crippen LogP contribution < -0.4 is 0 Å². The molecule has 0 unspecified atom stereocenters. The molecular formula is C19H29N5O2. The number of likely N-dealkylation sites (tertiary alicyclic amines) is 1. The van der Waals surface area contributed by atoms with Crippen LogP contribution in [0.4, 0.5) is 0 Å². The van der Waals surface area contributed by atoms with Crippen molar-refractivity contribution >= 4 is 11.9 Å². The maximum absolute atomic E-state index is 8.19. The van der Waals surface area contributed by atoms with Crippen LogP contribution >= 0.6 is 0 Å². The lowest BCUT2D eigenvalue weighted by atomic mass is 10.0. The molecule has 26 heavy (non-hydrogen) atoms. The molecule has 0 aliphatic carbocycles. The number of hydrogen-bond donors (Lipinski definition) is 2. The maximum Gasteiger partial charge on any atom is 0.291 e. The van der Waals surface area contributed by atoms with Gasteiger partial charge in [-0.05, 0) is 30.4 Å². The lowest BCUT2D eigenvalue weighted by Crippen LogP contribution is -2.50. The summed E-state index contributed by atoms with van der Waals surface area (Å²) in [6.45, 7) is 9.42. The Bertz CT molecular complexity index is 617. The minimum atomic E-state index is -0.0689. The van der Waals surface area contributed by atoms with Gasteiger partial charge < -0.3 is 14.4 Å². The molecule has 0 bridgehead atoms. The number of piperidine rings is 1. The van der Waals surface area contributed by atoms with E-state index in [9.17, 15) is 0 Å². The first kappa shape index (κ1) is 18.8. The van der Waals surface area contributed by atoms with Crippen molar-refractivity contribution in [2.45, 2.75) is 38.6 Å². The lowest BCUT2D eigenvalue weighted by Gasteiger charge is -2.40. The number of amidine groups is 1. The largest absolute Gasteiger partial charge is 0.405 e. The molecule has 3 heterocycles. The molecule has 3 rings (SSSR count). The second-order valence-corrected chi connectivity index (χ2v) is 7.23. The first-order valence-corrected chi connectivity index (χ1v) is 9.42. The standard InChI is InChI=1S/C19H29N5O2/c1-14(2)15-3-4-17(22-13-15)18(20)26-19(21)24-7-5-16(6-8-24)23-9-11-25-12-10-23/h3-4,13-14,16,20-21H,5-12H2,1-2H3. The molecule has 7 heteroatoms. The molecule has 0 atom stereocenters. The van der Waals surface area contributed by atoms with Gasteiger partial charge in [-0.3, -0.25) is 20.7 Å². The van der Waals surface area contributed by atoms with Crippen LogP contribution in [0.15, 0.2) is 18.3 Å². The number of aromatic nitrogens is 1. The fraction of sp³-hybridized carbons (Fsp3) is 0.632. The molecule has 2 fully saturated rings. The number of ether oxygens (including phenoxy) is 2. The average molecular weight is 359 g/mol. The van der Waals surface area contributed by atoms with Gasteiger partial charge in [-0.25, -0.2) is 0 Å². The smallest absolute Gasteiger partial charge is 0.291 e. The van der Waals surface area contributed by atoms with Crippen LogP contribution in [0, 0.1) is 10.8 Å². The lowest BCUT2D eigenvalue weighted by molar-refractivity contribution is 0.00452. The van der Waals surface area contributed by atoms with Gasteiger partial charge in [0.2, 0.25) is 5.90 Å². The summed E-state index contributed by atoms with van der Waals surface area (Å²) in [5.41, 5.74) is 1.59. The van der Waals surface area contributed by atoms with Gasteiger partial charge in [0.15, 0.2) is 0 Å². The summed E-state index contributed by atoms with van der Waals surface area (Å²) >= 11 is 0. The van der Waals surface area contributed by atoms with E-state index in [1.54, 1.807) is 12.3 Å². The molecule has 2 saturated heterocycles. The molecule has 2 N–H and O–H groups in total. The van der Waals surface area contributed by atoms with Crippen molar-refractivity contribution in [2.24, 2.45) is 0 Å². The van der Waals surface area contributed by atoms with Crippen LogP contribution in [0.25, 0.3) is 0 Å². The Morgan fingerprint density at radius 2 is 1.85 bits per heavy atom. The van der Waals surface area contributed by atoms with Crippen LogP contribution in [0.2, 0.25) is 0 Å². The fourth-order valence-corrected chi connectivity index (χ4v) is 3.47. The highest BCUT2D eigenvalue weighted by Crippen LogP contribution is 2.18. The number of nitrogens with zero attached hydrogens (tertiary/aromatic N) is 3. The van der Waals surface area contributed by atoms with E-state index >= 15 is 0 Å². The molecular weight excluding hydrogens is 330 g/mol. The van der Waals surface area contributed by atoms with E-state index in [2.05, 4.69) is 23.7 Å². The van der Waals surface area contributed by atoms with Gasteiger partial charge >= 0.3 is 0 Å². The zero-order chi connectivity index (χ0) is 18.5. The summed E-state index contributed by atoms with van der Waals surface area (Å²) in [6, 6.07) is 4.36. The summed E-state index contributed by atoms with van der Waals surface area (Å²) in [5, 5.41) is 16.3. The number of nitrogens with one attached hydrogen (secondary N) is 2. The van der Waals surface area contributed by atoms with Gasteiger partial charge in [-0.15, -0.1) is 0 Å². The monoisotopic (exact) mass is 359 g/mol. The molecule has 7 nitrogen and oxygen atoms in total. The van der Waals surface area contributed by atoms with Crippen molar-refractivity contribution in [3.63, 3.8) is 0 Å². The molecule has 1 aromatic rings. The topological polar surface area (TPSA) is 85.5 Å². The van der Waals surface area contributed by atoms with Crippen LogP contribution in [-0.2, 0) is 9.47 Å². The molecule has 0 spiro atoms. The number of rotatable bonds is 3.